The lowest BCUT2D eigenvalue weighted by Crippen LogP contribution is -2.08. The van der Waals surface area contributed by atoms with Gasteiger partial charge in [0.2, 0.25) is 0 Å². The van der Waals surface area contributed by atoms with E-state index < -0.39 is 0 Å². The van der Waals surface area contributed by atoms with E-state index in [9.17, 15) is 0 Å². The highest BCUT2D eigenvalue weighted by molar-refractivity contribution is 7.99. The van der Waals surface area contributed by atoms with Gasteiger partial charge in [0.1, 0.15) is 5.75 Å². The van der Waals surface area contributed by atoms with E-state index in [2.05, 4.69) is 13.0 Å². The zero-order chi connectivity index (χ0) is 11.3. The Labute approximate surface area is 96.2 Å². The van der Waals surface area contributed by atoms with Gasteiger partial charge in [-0.1, -0.05) is 13.0 Å². The number of ether oxygens (including phenoxy) is 1. The minimum atomic E-state index is 0.0144. The van der Waals surface area contributed by atoms with Crippen molar-refractivity contribution in [2.24, 2.45) is 5.73 Å². The van der Waals surface area contributed by atoms with Crippen LogP contribution in [0.25, 0.3) is 0 Å². The first kappa shape index (κ1) is 12.4. The van der Waals surface area contributed by atoms with Gasteiger partial charge in [-0.2, -0.15) is 0 Å². The van der Waals surface area contributed by atoms with Gasteiger partial charge in [0.15, 0.2) is 0 Å². The molecule has 0 saturated carbocycles. The van der Waals surface area contributed by atoms with Crippen LogP contribution >= 0.6 is 11.8 Å². The summed E-state index contributed by atoms with van der Waals surface area (Å²) in [6, 6.07) is 6.11. The van der Waals surface area contributed by atoms with Crippen molar-refractivity contribution in [3.63, 3.8) is 0 Å². The molecule has 2 nitrogen and oxygen atoms in total. The van der Waals surface area contributed by atoms with E-state index in [1.165, 1.54) is 11.3 Å². The highest BCUT2D eigenvalue weighted by Crippen LogP contribution is 2.33. The van der Waals surface area contributed by atoms with Crippen LogP contribution in [0.4, 0.5) is 0 Å². The number of benzene rings is 1. The summed E-state index contributed by atoms with van der Waals surface area (Å²) in [5.74, 6) is 2.01. The summed E-state index contributed by atoms with van der Waals surface area (Å²) >= 11 is 1.84. The molecule has 0 aliphatic carbocycles. The average Bonchev–Trinajstić information content (AvgIpc) is 2.25. The largest absolute Gasteiger partial charge is 0.496 e. The fourth-order valence-electron chi connectivity index (χ4n) is 1.49. The lowest BCUT2D eigenvalue weighted by Gasteiger charge is -2.16. The number of nitrogens with two attached hydrogens (primary N) is 1. The molecule has 0 aliphatic heterocycles. The van der Waals surface area contributed by atoms with Crippen molar-refractivity contribution in [3.05, 3.63) is 23.8 Å². The maximum Gasteiger partial charge on any atom is 0.124 e. The Kier molecular flexibility index (Phi) is 4.99. The minimum absolute atomic E-state index is 0.0144. The predicted octanol–water partition coefficient (Wildman–Crippen LogP) is 3.22. The van der Waals surface area contributed by atoms with Crippen LogP contribution in [0.2, 0.25) is 0 Å². The van der Waals surface area contributed by atoms with Crippen LogP contribution in [0.15, 0.2) is 23.1 Å². The van der Waals surface area contributed by atoms with Crippen molar-refractivity contribution in [1.82, 2.24) is 0 Å². The molecule has 1 rings (SSSR count). The van der Waals surface area contributed by atoms with E-state index in [1.54, 1.807) is 7.11 Å². The Morgan fingerprint density at radius 2 is 2.20 bits per heavy atom. The van der Waals surface area contributed by atoms with Gasteiger partial charge in [0, 0.05) is 16.5 Å². The third kappa shape index (κ3) is 3.14. The van der Waals surface area contributed by atoms with E-state index in [1.807, 2.05) is 30.8 Å². The summed E-state index contributed by atoms with van der Waals surface area (Å²) in [6.07, 6.45) is 1.17. The van der Waals surface area contributed by atoms with Crippen molar-refractivity contribution in [3.8, 4) is 5.75 Å². The molecule has 0 amide bonds. The standard InChI is InChI=1S/C12H19NOS/c1-4-8-15-11-7-5-6-10(14-3)12(11)9(2)13/h5-7,9H,4,8,13H2,1-3H3/t9-/m0/s1. The highest BCUT2D eigenvalue weighted by Gasteiger charge is 2.12. The molecular weight excluding hydrogens is 206 g/mol. The topological polar surface area (TPSA) is 35.2 Å². The number of hydrogen-bond acceptors (Lipinski definition) is 3. The van der Waals surface area contributed by atoms with Crippen molar-refractivity contribution in [2.45, 2.75) is 31.2 Å². The van der Waals surface area contributed by atoms with E-state index in [0.717, 1.165) is 17.1 Å². The summed E-state index contributed by atoms with van der Waals surface area (Å²) in [7, 11) is 1.69. The Balaban J connectivity index is 3.02. The van der Waals surface area contributed by atoms with Gasteiger partial charge in [0.05, 0.1) is 7.11 Å². The highest BCUT2D eigenvalue weighted by atomic mass is 32.2. The number of rotatable bonds is 5. The minimum Gasteiger partial charge on any atom is -0.496 e. The van der Waals surface area contributed by atoms with E-state index in [4.69, 9.17) is 10.5 Å². The Morgan fingerprint density at radius 3 is 2.73 bits per heavy atom. The predicted molar refractivity (Wildman–Crippen MR) is 66.6 cm³/mol. The first-order chi connectivity index (χ1) is 7.20. The van der Waals surface area contributed by atoms with Gasteiger partial charge in [-0.15, -0.1) is 11.8 Å². The van der Waals surface area contributed by atoms with Gasteiger partial charge >= 0.3 is 0 Å². The van der Waals surface area contributed by atoms with Crippen LogP contribution in [0, 0.1) is 0 Å². The smallest absolute Gasteiger partial charge is 0.124 e. The quantitative estimate of drug-likeness (QED) is 0.781. The van der Waals surface area contributed by atoms with Gasteiger partial charge in [-0.3, -0.25) is 0 Å². The van der Waals surface area contributed by atoms with Crippen LogP contribution in [0.3, 0.4) is 0 Å². The van der Waals surface area contributed by atoms with Crippen molar-refractivity contribution < 1.29 is 4.74 Å². The fourth-order valence-corrected chi connectivity index (χ4v) is 2.53. The van der Waals surface area contributed by atoms with Gasteiger partial charge in [0.25, 0.3) is 0 Å². The lowest BCUT2D eigenvalue weighted by molar-refractivity contribution is 0.405. The lowest BCUT2D eigenvalue weighted by atomic mass is 10.1. The SMILES string of the molecule is CCCSc1cccc(OC)c1[C@H](C)N. The first-order valence-electron chi connectivity index (χ1n) is 5.26. The molecule has 0 aromatic heterocycles. The normalized spacial score (nSPS) is 12.5. The Morgan fingerprint density at radius 1 is 1.47 bits per heavy atom. The van der Waals surface area contributed by atoms with Crippen molar-refractivity contribution in [1.29, 1.82) is 0 Å². The molecule has 1 aromatic carbocycles. The number of hydrogen-bond donors (Lipinski definition) is 1. The van der Waals surface area contributed by atoms with Crippen LogP contribution in [0.5, 0.6) is 5.75 Å². The van der Waals surface area contributed by atoms with Crippen molar-refractivity contribution >= 4 is 11.8 Å². The molecule has 1 atom stereocenters. The molecule has 84 valence electrons. The van der Waals surface area contributed by atoms with Crippen LogP contribution in [0.1, 0.15) is 31.9 Å². The Bertz CT molecular complexity index is 312. The van der Waals surface area contributed by atoms with Crippen LogP contribution in [-0.2, 0) is 0 Å². The summed E-state index contributed by atoms with van der Waals surface area (Å²) in [6.45, 7) is 4.17. The average molecular weight is 225 g/mol. The monoisotopic (exact) mass is 225 g/mol. The fraction of sp³-hybridized carbons (Fsp3) is 0.500. The van der Waals surface area contributed by atoms with Gasteiger partial charge < -0.3 is 10.5 Å². The molecule has 0 unspecified atom stereocenters. The second-order valence-electron chi connectivity index (χ2n) is 3.51. The second kappa shape index (κ2) is 6.03. The molecule has 0 fully saturated rings. The van der Waals surface area contributed by atoms with Gasteiger partial charge in [-0.25, -0.2) is 0 Å². The van der Waals surface area contributed by atoms with Crippen molar-refractivity contribution in [2.75, 3.05) is 12.9 Å². The zero-order valence-corrected chi connectivity index (χ0v) is 10.4. The van der Waals surface area contributed by atoms with Crippen LogP contribution < -0.4 is 10.5 Å². The third-order valence-corrected chi connectivity index (χ3v) is 3.44. The molecular formula is C12H19NOS. The summed E-state index contributed by atoms with van der Waals surface area (Å²) in [4.78, 5) is 1.24. The molecule has 2 N–H and O–H groups in total. The molecule has 0 radical (unpaired) electrons. The Hall–Kier alpha value is -0.670. The zero-order valence-electron chi connectivity index (χ0n) is 9.62. The second-order valence-corrected chi connectivity index (χ2v) is 4.65. The maximum atomic E-state index is 5.97. The maximum absolute atomic E-state index is 5.97. The molecule has 0 saturated heterocycles. The van der Waals surface area contributed by atoms with E-state index in [-0.39, 0.29) is 6.04 Å². The number of thioether (sulfide) groups is 1. The molecule has 15 heavy (non-hydrogen) atoms. The van der Waals surface area contributed by atoms with E-state index >= 15 is 0 Å². The molecule has 0 spiro atoms. The summed E-state index contributed by atoms with van der Waals surface area (Å²) < 4.78 is 5.33. The molecule has 0 heterocycles. The summed E-state index contributed by atoms with van der Waals surface area (Å²) in [5, 5.41) is 0. The van der Waals surface area contributed by atoms with E-state index in [0.29, 0.717) is 0 Å². The molecule has 3 heteroatoms. The summed E-state index contributed by atoms with van der Waals surface area (Å²) in [5.41, 5.74) is 7.09. The number of methoxy groups -OCH3 is 1. The van der Waals surface area contributed by atoms with Crippen LogP contribution in [-0.4, -0.2) is 12.9 Å². The molecule has 0 aliphatic rings. The molecule has 1 aromatic rings. The third-order valence-electron chi connectivity index (χ3n) is 2.16. The molecule has 0 bridgehead atoms. The first-order valence-corrected chi connectivity index (χ1v) is 6.24. The van der Waals surface area contributed by atoms with Gasteiger partial charge in [-0.05, 0) is 31.2 Å².